The van der Waals surface area contributed by atoms with Gasteiger partial charge in [-0.3, -0.25) is 24.6 Å². The van der Waals surface area contributed by atoms with Gasteiger partial charge in [0.05, 0.1) is 5.41 Å². The molecule has 34 heavy (non-hydrogen) atoms. The number of amides is 4. The lowest BCUT2D eigenvalue weighted by atomic mass is 9.94. The van der Waals surface area contributed by atoms with Crippen LogP contribution in [0.15, 0.2) is 24.3 Å². The lowest BCUT2D eigenvalue weighted by Crippen LogP contribution is -2.57. The number of carbonyl (C=O) groups excluding carboxylic acids is 4. The minimum atomic E-state index is -4.82. The van der Waals surface area contributed by atoms with Crippen molar-refractivity contribution < 1.29 is 37.1 Å². The first-order valence-electron chi connectivity index (χ1n) is 10.6. The predicted molar refractivity (Wildman–Crippen MR) is 113 cm³/mol. The number of hydrogen-bond acceptors (Lipinski definition) is 5. The maximum Gasteiger partial charge on any atom is 0.573 e. The summed E-state index contributed by atoms with van der Waals surface area (Å²) in [5, 5.41) is -0.296. The highest BCUT2D eigenvalue weighted by Gasteiger charge is 2.55. The van der Waals surface area contributed by atoms with E-state index in [1.807, 2.05) is 0 Å². The van der Waals surface area contributed by atoms with E-state index in [9.17, 15) is 32.3 Å². The van der Waals surface area contributed by atoms with E-state index in [0.717, 1.165) is 17.1 Å². The van der Waals surface area contributed by atoms with Crippen molar-refractivity contribution in [1.29, 1.82) is 0 Å². The second-order valence-electron chi connectivity index (χ2n) is 8.29. The summed E-state index contributed by atoms with van der Waals surface area (Å²) in [5.74, 6) is -2.98. The van der Waals surface area contributed by atoms with Crippen molar-refractivity contribution in [3.05, 3.63) is 29.8 Å². The van der Waals surface area contributed by atoms with Gasteiger partial charge in [-0.1, -0.05) is 12.1 Å². The third kappa shape index (κ3) is 5.72. The summed E-state index contributed by atoms with van der Waals surface area (Å²) >= 11 is 5.78. The summed E-state index contributed by atoms with van der Waals surface area (Å²) in [7, 11) is 0. The number of ether oxygens (including phenoxy) is 1. The van der Waals surface area contributed by atoms with Crippen LogP contribution in [0.5, 0.6) is 5.75 Å². The molecular formula is C21H24ClF3N4O5. The molecule has 0 aromatic heterocycles. The Morgan fingerprint density at radius 3 is 2.38 bits per heavy atom. The van der Waals surface area contributed by atoms with E-state index in [-0.39, 0.29) is 5.91 Å². The SMILES string of the molecule is CC(Cl)C(=O)N(CC(N)=O)NC(=O)[C@@H]1CCCN1C(=O)C1(c2ccc(OC(F)(F)F)cc2)CC1. The van der Waals surface area contributed by atoms with Crippen LogP contribution in [0.4, 0.5) is 13.2 Å². The molecule has 2 atom stereocenters. The molecule has 1 aliphatic heterocycles. The number of hydrogen-bond donors (Lipinski definition) is 2. The number of benzene rings is 1. The molecule has 3 rings (SSSR count). The number of halogens is 4. The van der Waals surface area contributed by atoms with Crippen molar-refractivity contribution in [3.8, 4) is 5.75 Å². The maximum atomic E-state index is 13.4. The maximum absolute atomic E-state index is 13.4. The van der Waals surface area contributed by atoms with Crippen LogP contribution in [0.3, 0.4) is 0 Å². The second kappa shape index (κ2) is 9.69. The number of nitrogens with two attached hydrogens (primary N) is 1. The second-order valence-corrected chi connectivity index (χ2v) is 8.95. The van der Waals surface area contributed by atoms with Crippen LogP contribution >= 0.6 is 11.6 Å². The van der Waals surface area contributed by atoms with Crippen molar-refractivity contribution in [3.63, 3.8) is 0 Å². The van der Waals surface area contributed by atoms with Crippen LogP contribution in [0.25, 0.3) is 0 Å². The number of alkyl halides is 4. The zero-order valence-electron chi connectivity index (χ0n) is 18.2. The normalized spacial score (nSPS) is 19.8. The summed E-state index contributed by atoms with van der Waals surface area (Å²) < 4.78 is 41.1. The number of likely N-dealkylation sites (tertiary alicyclic amines) is 1. The Labute approximate surface area is 198 Å². The number of carbonyl (C=O) groups is 4. The third-order valence-electron chi connectivity index (χ3n) is 5.78. The summed E-state index contributed by atoms with van der Waals surface area (Å²) in [5.41, 5.74) is 7.08. The first-order valence-corrected chi connectivity index (χ1v) is 11.0. The fourth-order valence-corrected chi connectivity index (χ4v) is 4.15. The molecular weight excluding hydrogens is 481 g/mol. The smallest absolute Gasteiger partial charge is 0.406 e. The van der Waals surface area contributed by atoms with Gasteiger partial charge < -0.3 is 15.4 Å². The van der Waals surface area contributed by atoms with E-state index >= 15 is 0 Å². The molecule has 9 nitrogen and oxygen atoms in total. The fourth-order valence-electron chi connectivity index (χ4n) is 4.03. The molecule has 1 aromatic rings. The Kier molecular flexibility index (Phi) is 7.29. The van der Waals surface area contributed by atoms with Gasteiger partial charge in [0.1, 0.15) is 23.7 Å². The largest absolute Gasteiger partial charge is 0.573 e. The lowest BCUT2D eigenvalue weighted by Gasteiger charge is -2.31. The number of nitrogens with one attached hydrogen (secondary N) is 1. The van der Waals surface area contributed by atoms with Gasteiger partial charge in [0, 0.05) is 6.54 Å². The van der Waals surface area contributed by atoms with Gasteiger partial charge in [-0.25, -0.2) is 5.01 Å². The van der Waals surface area contributed by atoms with E-state index < -0.39 is 53.2 Å². The molecule has 4 amide bonds. The molecule has 0 bridgehead atoms. The number of rotatable bonds is 7. The van der Waals surface area contributed by atoms with Gasteiger partial charge in [-0.2, -0.15) is 0 Å². The Morgan fingerprint density at radius 1 is 1.26 bits per heavy atom. The molecule has 3 N–H and O–H groups in total. The minimum absolute atomic E-state index is 0.295. The molecule has 2 fully saturated rings. The summed E-state index contributed by atoms with van der Waals surface area (Å²) in [4.78, 5) is 51.3. The topological polar surface area (TPSA) is 122 Å². The minimum Gasteiger partial charge on any atom is -0.406 e. The van der Waals surface area contributed by atoms with Gasteiger partial charge in [0.25, 0.3) is 11.8 Å². The van der Waals surface area contributed by atoms with Crippen molar-refractivity contribution in [1.82, 2.24) is 15.3 Å². The Bertz CT molecular complexity index is 966. The zero-order chi connectivity index (χ0) is 25.3. The third-order valence-corrected chi connectivity index (χ3v) is 5.97. The Balaban J connectivity index is 1.73. The van der Waals surface area contributed by atoms with Crippen LogP contribution in [-0.4, -0.2) is 64.4 Å². The van der Waals surface area contributed by atoms with Crippen molar-refractivity contribution >= 4 is 35.2 Å². The highest BCUT2D eigenvalue weighted by molar-refractivity contribution is 6.30. The molecule has 0 radical (unpaired) electrons. The standard InChI is InChI=1S/C21H24ClF3N4O5/c1-12(22)18(32)29(11-16(26)30)27-17(31)15-3-2-10-28(15)19(33)20(8-9-20)13-4-6-14(7-5-13)34-21(23,24)25/h4-7,12,15H,2-3,8-11H2,1H3,(H2,26,30)(H,27,31)/t12?,15-/m0/s1. The summed E-state index contributed by atoms with van der Waals surface area (Å²) in [6, 6.07) is 4.21. The predicted octanol–water partition coefficient (Wildman–Crippen LogP) is 1.58. The molecule has 1 saturated carbocycles. The number of primary amides is 1. The van der Waals surface area contributed by atoms with Crippen LogP contribution < -0.4 is 15.9 Å². The van der Waals surface area contributed by atoms with Gasteiger partial charge in [0.2, 0.25) is 11.8 Å². The first kappa shape index (κ1) is 25.6. The van der Waals surface area contributed by atoms with E-state index in [2.05, 4.69) is 10.2 Å². The van der Waals surface area contributed by atoms with Crippen LogP contribution in [0.1, 0.15) is 38.2 Å². The van der Waals surface area contributed by atoms with Crippen molar-refractivity contribution in [2.24, 2.45) is 5.73 Å². The summed E-state index contributed by atoms with van der Waals surface area (Å²) in [6.45, 7) is 1.08. The highest BCUT2D eigenvalue weighted by atomic mass is 35.5. The van der Waals surface area contributed by atoms with Gasteiger partial charge in [-0.05, 0) is 50.3 Å². The average molecular weight is 505 g/mol. The molecule has 13 heteroatoms. The van der Waals surface area contributed by atoms with Gasteiger partial charge >= 0.3 is 6.36 Å². The molecule has 1 aliphatic carbocycles. The van der Waals surface area contributed by atoms with Gasteiger partial charge in [0.15, 0.2) is 0 Å². The molecule has 1 aromatic carbocycles. The molecule has 186 valence electrons. The first-order chi connectivity index (χ1) is 15.8. The van der Waals surface area contributed by atoms with E-state index in [0.29, 0.717) is 37.8 Å². The Hall–Kier alpha value is -3.02. The highest BCUT2D eigenvalue weighted by Crippen LogP contribution is 2.50. The Morgan fingerprint density at radius 2 is 1.88 bits per heavy atom. The molecule has 1 saturated heterocycles. The number of hydrazine groups is 1. The molecule has 0 spiro atoms. The quantitative estimate of drug-likeness (QED) is 0.431. The zero-order valence-corrected chi connectivity index (χ0v) is 19.0. The monoisotopic (exact) mass is 504 g/mol. The van der Waals surface area contributed by atoms with Crippen LogP contribution in [0.2, 0.25) is 0 Å². The van der Waals surface area contributed by atoms with Crippen molar-refractivity contribution in [2.75, 3.05) is 13.1 Å². The molecule has 1 unspecified atom stereocenters. The average Bonchev–Trinajstić information content (AvgIpc) is 3.40. The van der Waals surface area contributed by atoms with Crippen LogP contribution in [-0.2, 0) is 24.6 Å². The summed E-state index contributed by atoms with van der Waals surface area (Å²) in [6.07, 6.45) is -3.00. The number of nitrogens with zero attached hydrogens (tertiary/aromatic N) is 2. The van der Waals surface area contributed by atoms with Crippen LogP contribution in [0, 0.1) is 0 Å². The lowest BCUT2D eigenvalue weighted by molar-refractivity contribution is -0.274. The van der Waals surface area contributed by atoms with Crippen molar-refractivity contribution in [2.45, 2.75) is 55.8 Å². The van der Waals surface area contributed by atoms with E-state index in [1.165, 1.54) is 24.0 Å². The fraction of sp³-hybridized carbons (Fsp3) is 0.524. The van der Waals surface area contributed by atoms with E-state index in [4.69, 9.17) is 17.3 Å². The molecule has 2 aliphatic rings. The van der Waals surface area contributed by atoms with Gasteiger partial charge in [-0.15, -0.1) is 24.8 Å². The molecule has 1 heterocycles. The van der Waals surface area contributed by atoms with E-state index in [1.54, 1.807) is 0 Å².